The van der Waals surface area contributed by atoms with Crippen LogP contribution in [0, 0.1) is 0 Å². The lowest BCUT2D eigenvalue weighted by molar-refractivity contribution is 0.112. The Balaban J connectivity index is 2.21. The molecule has 2 heterocycles. The van der Waals surface area contributed by atoms with Crippen LogP contribution < -0.4 is 0 Å². The van der Waals surface area contributed by atoms with Crippen molar-refractivity contribution >= 4 is 17.9 Å². The Morgan fingerprint density at radius 2 is 2.40 bits per heavy atom. The van der Waals surface area contributed by atoms with Gasteiger partial charge in [-0.25, -0.2) is 0 Å². The van der Waals surface area contributed by atoms with Crippen molar-refractivity contribution in [2.24, 2.45) is 0 Å². The summed E-state index contributed by atoms with van der Waals surface area (Å²) in [7, 11) is 0. The highest BCUT2D eigenvalue weighted by atomic mass is 35.5. The lowest BCUT2D eigenvalue weighted by Gasteiger charge is -1.96. The molecule has 0 amide bonds. The van der Waals surface area contributed by atoms with Gasteiger partial charge in [0.1, 0.15) is 5.15 Å². The average molecular weight is 221 g/mol. The van der Waals surface area contributed by atoms with Gasteiger partial charge in [-0.2, -0.15) is 0 Å². The molecule has 0 radical (unpaired) electrons. The summed E-state index contributed by atoms with van der Waals surface area (Å²) in [5.74, 6) is 0. The number of H-pyrrole nitrogens is 1. The van der Waals surface area contributed by atoms with Gasteiger partial charge in [0.05, 0.1) is 5.56 Å². The first-order valence-electron chi connectivity index (χ1n) is 4.51. The van der Waals surface area contributed by atoms with E-state index < -0.39 is 0 Å². The van der Waals surface area contributed by atoms with Gasteiger partial charge in [0.2, 0.25) is 0 Å². The number of aldehydes is 1. The van der Waals surface area contributed by atoms with E-state index in [0.717, 1.165) is 17.5 Å². The summed E-state index contributed by atoms with van der Waals surface area (Å²) in [6.45, 7) is 0. The first-order valence-corrected chi connectivity index (χ1v) is 4.89. The second-order valence-electron chi connectivity index (χ2n) is 3.22. The molecule has 0 aromatic carbocycles. The first-order chi connectivity index (χ1) is 7.29. The molecule has 0 fully saturated rings. The molecular weight excluding hydrogens is 212 g/mol. The molecule has 0 aliphatic rings. The molecule has 0 aliphatic carbocycles. The maximum Gasteiger partial charge on any atom is 0.153 e. The average Bonchev–Trinajstić information content (AvgIpc) is 2.60. The Kier molecular flexibility index (Phi) is 2.83. The van der Waals surface area contributed by atoms with Gasteiger partial charge in [0.25, 0.3) is 0 Å². The first kappa shape index (κ1) is 9.93. The summed E-state index contributed by atoms with van der Waals surface area (Å²) in [5, 5.41) is 0.392. The number of carbonyl (C=O) groups excluding carboxylic acids is 1. The van der Waals surface area contributed by atoms with Crippen molar-refractivity contribution < 1.29 is 4.79 Å². The third kappa shape index (κ3) is 2.25. The van der Waals surface area contributed by atoms with Crippen LogP contribution in [-0.2, 0) is 6.42 Å². The highest BCUT2D eigenvalue weighted by molar-refractivity contribution is 6.31. The number of halogens is 1. The van der Waals surface area contributed by atoms with Gasteiger partial charge in [-0.15, -0.1) is 0 Å². The Morgan fingerprint density at radius 3 is 3.00 bits per heavy atom. The highest BCUT2D eigenvalue weighted by Gasteiger charge is 2.05. The Bertz CT molecular complexity index is 465. The van der Waals surface area contributed by atoms with Crippen LogP contribution in [0.25, 0.3) is 0 Å². The molecule has 0 saturated carbocycles. The van der Waals surface area contributed by atoms with E-state index in [2.05, 4.69) is 9.97 Å². The molecule has 1 N–H and O–H groups in total. The fourth-order valence-corrected chi connectivity index (χ4v) is 1.62. The second kappa shape index (κ2) is 4.28. The van der Waals surface area contributed by atoms with Gasteiger partial charge < -0.3 is 4.98 Å². The van der Waals surface area contributed by atoms with E-state index in [0.29, 0.717) is 17.1 Å². The zero-order valence-corrected chi connectivity index (χ0v) is 8.66. The standard InChI is InChI=1S/C11H9ClN2O/c12-11-9(7-15)5-10(14-11)4-8-2-1-3-13-6-8/h1-3,5-7,14H,4H2. The minimum Gasteiger partial charge on any atom is -0.349 e. The second-order valence-corrected chi connectivity index (χ2v) is 3.60. The topological polar surface area (TPSA) is 45.8 Å². The van der Waals surface area contributed by atoms with E-state index in [4.69, 9.17) is 11.6 Å². The van der Waals surface area contributed by atoms with Crippen LogP contribution in [0.5, 0.6) is 0 Å². The highest BCUT2D eigenvalue weighted by Crippen LogP contribution is 2.16. The van der Waals surface area contributed by atoms with E-state index in [1.54, 1.807) is 18.5 Å². The van der Waals surface area contributed by atoms with Crippen molar-refractivity contribution in [3.8, 4) is 0 Å². The van der Waals surface area contributed by atoms with Crippen molar-refractivity contribution in [1.29, 1.82) is 0 Å². The Labute approximate surface area is 92.1 Å². The minimum absolute atomic E-state index is 0.392. The van der Waals surface area contributed by atoms with Gasteiger partial charge in [-0.1, -0.05) is 17.7 Å². The summed E-state index contributed by atoms with van der Waals surface area (Å²) in [6.07, 6.45) is 4.95. The molecule has 0 aliphatic heterocycles. The number of hydrogen-bond acceptors (Lipinski definition) is 2. The fraction of sp³-hybridized carbons (Fsp3) is 0.0909. The van der Waals surface area contributed by atoms with Gasteiger partial charge in [0.15, 0.2) is 6.29 Å². The molecule has 4 heteroatoms. The zero-order chi connectivity index (χ0) is 10.7. The SMILES string of the molecule is O=Cc1cc(Cc2cccnc2)[nH]c1Cl. The zero-order valence-electron chi connectivity index (χ0n) is 7.90. The molecule has 0 saturated heterocycles. The third-order valence-electron chi connectivity index (χ3n) is 2.10. The van der Waals surface area contributed by atoms with Crippen LogP contribution in [0.1, 0.15) is 21.6 Å². The maximum absolute atomic E-state index is 10.6. The molecule has 0 bridgehead atoms. The molecule has 0 unspecified atom stereocenters. The summed E-state index contributed by atoms with van der Waals surface area (Å²) < 4.78 is 0. The van der Waals surface area contributed by atoms with Crippen LogP contribution in [0.2, 0.25) is 5.15 Å². The fourth-order valence-electron chi connectivity index (χ4n) is 1.40. The van der Waals surface area contributed by atoms with Gasteiger partial charge in [-0.3, -0.25) is 9.78 Å². The normalized spacial score (nSPS) is 10.2. The van der Waals surface area contributed by atoms with E-state index in [-0.39, 0.29) is 0 Å². The molecule has 2 rings (SSSR count). The van der Waals surface area contributed by atoms with Crippen LogP contribution in [0.15, 0.2) is 30.6 Å². The number of aromatic nitrogens is 2. The van der Waals surface area contributed by atoms with E-state index in [9.17, 15) is 4.79 Å². The predicted octanol–water partition coefficient (Wildman–Crippen LogP) is 2.47. The van der Waals surface area contributed by atoms with Gasteiger partial charge in [0, 0.05) is 24.5 Å². The van der Waals surface area contributed by atoms with Crippen LogP contribution in [-0.4, -0.2) is 16.3 Å². The molecular formula is C11H9ClN2O. The van der Waals surface area contributed by atoms with E-state index >= 15 is 0 Å². The van der Waals surface area contributed by atoms with Crippen LogP contribution in [0.4, 0.5) is 0 Å². The molecule has 2 aromatic rings. The molecule has 2 aromatic heterocycles. The summed E-state index contributed by atoms with van der Waals surface area (Å²) in [5.41, 5.74) is 2.48. The van der Waals surface area contributed by atoms with Crippen molar-refractivity contribution in [2.75, 3.05) is 0 Å². The molecule has 0 atom stereocenters. The van der Waals surface area contributed by atoms with Crippen molar-refractivity contribution in [3.05, 3.63) is 52.6 Å². The van der Waals surface area contributed by atoms with Crippen molar-refractivity contribution in [2.45, 2.75) is 6.42 Å². The predicted molar refractivity (Wildman–Crippen MR) is 58.2 cm³/mol. The Morgan fingerprint density at radius 1 is 1.53 bits per heavy atom. The monoisotopic (exact) mass is 220 g/mol. The summed E-state index contributed by atoms with van der Waals surface area (Å²) in [6, 6.07) is 5.60. The number of carbonyl (C=O) groups is 1. The quantitative estimate of drug-likeness (QED) is 0.808. The number of rotatable bonds is 3. The number of pyridine rings is 1. The lowest BCUT2D eigenvalue weighted by atomic mass is 10.1. The van der Waals surface area contributed by atoms with Crippen molar-refractivity contribution in [3.63, 3.8) is 0 Å². The smallest absolute Gasteiger partial charge is 0.153 e. The van der Waals surface area contributed by atoms with Crippen LogP contribution >= 0.6 is 11.6 Å². The lowest BCUT2D eigenvalue weighted by Crippen LogP contribution is -1.88. The van der Waals surface area contributed by atoms with E-state index in [1.807, 2.05) is 12.1 Å². The van der Waals surface area contributed by atoms with Crippen LogP contribution in [0.3, 0.4) is 0 Å². The number of nitrogens with zero attached hydrogens (tertiary/aromatic N) is 1. The van der Waals surface area contributed by atoms with Crippen molar-refractivity contribution in [1.82, 2.24) is 9.97 Å². The van der Waals surface area contributed by atoms with Gasteiger partial charge in [-0.05, 0) is 17.7 Å². The third-order valence-corrected chi connectivity index (χ3v) is 2.41. The molecule has 0 spiro atoms. The number of nitrogens with one attached hydrogen (secondary N) is 1. The summed E-state index contributed by atoms with van der Waals surface area (Å²) in [4.78, 5) is 17.5. The molecule has 3 nitrogen and oxygen atoms in total. The maximum atomic E-state index is 10.6. The Hall–Kier alpha value is -1.61. The number of aromatic amines is 1. The largest absolute Gasteiger partial charge is 0.349 e. The molecule has 15 heavy (non-hydrogen) atoms. The molecule has 76 valence electrons. The minimum atomic E-state index is 0.392. The van der Waals surface area contributed by atoms with Gasteiger partial charge >= 0.3 is 0 Å². The summed E-state index contributed by atoms with van der Waals surface area (Å²) >= 11 is 5.81. The number of hydrogen-bond donors (Lipinski definition) is 1. The van der Waals surface area contributed by atoms with E-state index in [1.165, 1.54) is 0 Å².